The van der Waals surface area contributed by atoms with Crippen LogP contribution in [0.1, 0.15) is 34.1 Å². The van der Waals surface area contributed by atoms with E-state index in [4.69, 9.17) is 9.47 Å². The van der Waals surface area contributed by atoms with Crippen molar-refractivity contribution in [3.63, 3.8) is 0 Å². The Bertz CT molecular complexity index is 1740. The molecule has 3 aliphatic rings. The molecule has 0 radical (unpaired) electrons. The maximum Gasteiger partial charge on any atom is 0.335 e. The van der Waals surface area contributed by atoms with Gasteiger partial charge in [-0.1, -0.05) is 127 Å². The van der Waals surface area contributed by atoms with Gasteiger partial charge in [0.25, 0.3) is 0 Å². The monoisotopic (exact) mass is 610 g/mol. The molecule has 1 saturated carbocycles. The van der Waals surface area contributed by atoms with Crippen molar-refractivity contribution in [2.24, 2.45) is 11.3 Å². The fourth-order valence-electron chi connectivity index (χ4n) is 8.42. The molecule has 7 rings (SSSR count). The summed E-state index contributed by atoms with van der Waals surface area (Å²) in [5.74, 6) is -1.28. The van der Waals surface area contributed by atoms with Crippen molar-refractivity contribution in [3.05, 3.63) is 168 Å². The molecule has 6 heteroatoms. The smallest absolute Gasteiger partial charge is 0.335 e. The van der Waals surface area contributed by atoms with Gasteiger partial charge in [-0.05, 0) is 28.5 Å². The standard InChI is InChI=1S/C40H38N2O4/c1-45-38(43)32-27-42(26-29-17-9-4-10-18-29)37-35(34(32)31-21-13-6-14-22-31)36-40(37,39(44)46-2)33(30-19-11-5-12-20-30)23-24-41(36)25-28-15-7-3-8-16-28/h3-24,27,33-37H,25-26H2,1-2H3. The summed E-state index contributed by atoms with van der Waals surface area (Å²) in [6.45, 7) is 1.14. The van der Waals surface area contributed by atoms with E-state index in [1.165, 1.54) is 14.2 Å². The van der Waals surface area contributed by atoms with Gasteiger partial charge in [0, 0.05) is 37.0 Å². The quantitative estimate of drug-likeness (QED) is 0.208. The number of benzene rings is 4. The molecule has 6 unspecified atom stereocenters. The van der Waals surface area contributed by atoms with Crippen molar-refractivity contribution >= 4 is 11.9 Å². The first-order valence-corrected chi connectivity index (χ1v) is 15.8. The Morgan fingerprint density at radius 3 is 1.70 bits per heavy atom. The normalized spacial score (nSPS) is 26.2. The molecule has 0 aromatic heterocycles. The minimum Gasteiger partial charge on any atom is -0.468 e. The lowest BCUT2D eigenvalue weighted by molar-refractivity contribution is -0.206. The predicted octanol–water partition coefficient (Wildman–Crippen LogP) is 6.68. The highest BCUT2D eigenvalue weighted by molar-refractivity contribution is 5.92. The Hall–Kier alpha value is -5.10. The Balaban J connectivity index is 1.48. The van der Waals surface area contributed by atoms with Crippen LogP contribution in [0.15, 0.2) is 145 Å². The van der Waals surface area contributed by atoms with E-state index in [0.717, 1.165) is 22.3 Å². The first kappa shape index (κ1) is 29.6. The Morgan fingerprint density at radius 1 is 0.652 bits per heavy atom. The topological polar surface area (TPSA) is 59.1 Å². The molecule has 232 valence electrons. The number of ether oxygens (including phenoxy) is 2. The van der Waals surface area contributed by atoms with E-state index in [9.17, 15) is 9.59 Å². The van der Waals surface area contributed by atoms with Crippen LogP contribution in [0.2, 0.25) is 0 Å². The van der Waals surface area contributed by atoms with Gasteiger partial charge in [0.05, 0.1) is 31.9 Å². The lowest BCUT2D eigenvalue weighted by atomic mass is 9.41. The first-order chi connectivity index (χ1) is 22.6. The molecule has 1 aliphatic carbocycles. The molecule has 6 atom stereocenters. The highest BCUT2D eigenvalue weighted by Crippen LogP contribution is 2.67. The Morgan fingerprint density at radius 2 is 1.15 bits per heavy atom. The van der Waals surface area contributed by atoms with Crippen LogP contribution in [0.25, 0.3) is 0 Å². The van der Waals surface area contributed by atoms with E-state index in [1.54, 1.807) is 0 Å². The molecule has 4 aromatic rings. The summed E-state index contributed by atoms with van der Waals surface area (Å²) < 4.78 is 11.2. The van der Waals surface area contributed by atoms with Crippen LogP contribution in [0.3, 0.4) is 0 Å². The summed E-state index contributed by atoms with van der Waals surface area (Å²) in [6, 6.07) is 40.4. The maximum atomic E-state index is 14.7. The van der Waals surface area contributed by atoms with Gasteiger partial charge < -0.3 is 19.3 Å². The maximum absolute atomic E-state index is 14.7. The summed E-state index contributed by atoms with van der Waals surface area (Å²) in [6.07, 6.45) is 6.30. The molecule has 0 N–H and O–H groups in total. The van der Waals surface area contributed by atoms with Crippen LogP contribution in [0.5, 0.6) is 0 Å². The van der Waals surface area contributed by atoms with Crippen LogP contribution in [0.4, 0.5) is 0 Å². The summed E-state index contributed by atoms with van der Waals surface area (Å²) in [5.41, 5.74) is 3.94. The molecule has 0 amide bonds. The van der Waals surface area contributed by atoms with Gasteiger partial charge in [-0.2, -0.15) is 0 Å². The van der Waals surface area contributed by atoms with Crippen molar-refractivity contribution in [1.29, 1.82) is 0 Å². The number of hydrogen-bond donors (Lipinski definition) is 0. The zero-order valence-electron chi connectivity index (χ0n) is 26.1. The van der Waals surface area contributed by atoms with Crippen LogP contribution < -0.4 is 0 Å². The SMILES string of the molecule is COC(=O)C1=CN(Cc2ccccc2)C2C(C1c1ccccc1)C1N(Cc3ccccc3)C=CC(c3ccccc3)C12C(=O)OC. The number of fused-ring (bicyclic) bond motifs is 4. The zero-order valence-corrected chi connectivity index (χ0v) is 26.1. The first-order valence-electron chi connectivity index (χ1n) is 15.8. The highest BCUT2D eigenvalue weighted by atomic mass is 16.5. The molecular weight excluding hydrogens is 572 g/mol. The van der Waals surface area contributed by atoms with Gasteiger partial charge >= 0.3 is 11.9 Å². The fraction of sp³-hybridized carbons (Fsp3) is 0.250. The predicted molar refractivity (Wildman–Crippen MR) is 177 cm³/mol. The number of rotatable bonds is 8. The number of allylic oxidation sites excluding steroid dienone is 1. The van der Waals surface area contributed by atoms with E-state index in [1.807, 2.05) is 79.0 Å². The summed E-state index contributed by atoms with van der Waals surface area (Å²) in [4.78, 5) is 32.9. The Labute approximate surface area is 270 Å². The summed E-state index contributed by atoms with van der Waals surface area (Å²) >= 11 is 0. The van der Waals surface area contributed by atoms with E-state index in [2.05, 4.69) is 70.6 Å². The zero-order chi connectivity index (χ0) is 31.7. The number of esters is 2. The van der Waals surface area contributed by atoms with Crippen molar-refractivity contribution in [2.75, 3.05) is 14.2 Å². The van der Waals surface area contributed by atoms with Gasteiger partial charge in [0.2, 0.25) is 0 Å². The molecule has 46 heavy (non-hydrogen) atoms. The average Bonchev–Trinajstić information content (AvgIpc) is 3.10. The number of hydrogen-bond acceptors (Lipinski definition) is 6. The minimum absolute atomic E-state index is 0.135. The van der Waals surface area contributed by atoms with E-state index < -0.39 is 5.41 Å². The van der Waals surface area contributed by atoms with Crippen molar-refractivity contribution in [1.82, 2.24) is 9.80 Å². The fourth-order valence-corrected chi connectivity index (χ4v) is 8.42. The second-order valence-electron chi connectivity index (χ2n) is 12.4. The molecule has 0 spiro atoms. The van der Waals surface area contributed by atoms with Crippen LogP contribution >= 0.6 is 0 Å². The number of nitrogens with zero attached hydrogens (tertiary/aromatic N) is 2. The van der Waals surface area contributed by atoms with Crippen molar-refractivity contribution < 1.29 is 19.1 Å². The molecule has 0 saturated heterocycles. The van der Waals surface area contributed by atoms with E-state index in [0.29, 0.717) is 18.7 Å². The van der Waals surface area contributed by atoms with Gasteiger partial charge in [-0.25, -0.2) is 4.79 Å². The van der Waals surface area contributed by atoms with Crippen LogP contribution in [-0.4, -0.2) is 48.0 Å². The lowest BCUT2D eigenvalue weighted by Crippen LogP contribution is -2.80. The van der Waals surface area contributed by atoms with Gasteiger partial charge in [0.1, 0.15) is 5.41 Å². The van der Waals surface area contributed by atoms with Crippen molar-refractivity contribution in [3.8, 4) is 0 Å². The molecule has 2 aliphatic heterocycles. The lowest BCUT2D eigenvalue weighted by Gasteiger charge is -2.71. The molecular formula is C40H38N2O4. The second kappa shape index (κ2) is 12.4. The van der Waals surface area contributed by atoms with Crippen molar-refractivity contribution in [2.45, 2.75) is 37.0 Å². The molecule has 4 aromatic carbocycles. The molecule has 1 fully saturated rings. The third-order valence-corrected chi connectivity index (χ3v) is 10.1. The summed E-state index contributed by atoms with van der Waals surface area (Å²) in [5, 5.41) is 0. The third-order valence-electron chi connectivity index (χ3n) is 10.1. The third kappa shape index (κ3) is 4.80. The minimum atomic E-state index is -0.968. The number of carbonyl (C=O) groups is 2. The number of methoxy groups -OCH3 is 2. The van der Waals surface area contributed by atoms with Gasteiger partial charge in [-0.15, -0.1) is 0 Å². The largest absolute Gasteiger partial charge is 0.468 e. The van der Waals surface area contributed by atoms with Gasteiger partial charge in [0.15, 0.2) is 0 Å². The average molecular weight is 611 g/mol. The van der Waals surface area contributed by atoms with Crippen LogP contribution in [0, 0.1) is 11.3 Å². The molecule has 6 nitrogen and oxygen atoms in total. The Kier molecular flexibility index (Phi) is 7.95. The number of carbonyl (C=O) groups excluding carboxylic acids is 2. The second-order valence-corrected chi connectivity index (χ2v) is 12.4. The molecule has 2 heterocycles. The van der Waals surface area contributed by atoms with Crippen LogP contribution in [-0.2, 0) is 32.2 Å². The van der Waals surface area contributed by atoms with E-state index in [-0.39, 0.29) is 41.8 Å². The van der Waals surface area contributed by atoms with E-state index >= 15 is 0 Å². The summed E-state index contributed by atoms with van der Waals surface area (Å²) in [7, 11) is 2.94. The molecule has 0 bridgehead atoms. The van der Waals surface area contributed by atoms with Gasteiger partial charge in [-0.3, -0.25) is 4.79 Å². The highest BCUT2D eigenvalue weighted by Gasteiger charge is 2.76.